The summed E-state index contributed by atoms with van der Waals surface area (Å²) in [5.41, 5.74) is 0.436. The maximum Gasteiger partial charge on any atom is 0.137 e. The summed E-state index contributed by atoms with van der Waals surface area (Å²) in [7, 11) is 0. The first-order valence-electron chi connectivity index (χ1n) is 4.94. The molecular weight excluding hydrogens is 224 g/mol. The van der Waals surface area contributed by atoms with Gasteiger partial charge in [0.15, 0.2) is 0 Å². The van der Waals surface area contributed by atoms with Crippen LogP contribution >= 0.6 is 0 Å². The number of aliphatic hydroxyl groups excluding tert-OH is 1. The van der Waals surface area contributed by atoms with Crippen LogP contribution in [0.5, 0.6) is 0 Å². The zero-order valence-corrected chi connectivity index (χ0v) is 8.77. The first-order valence-corrected chi connectivity index (χ1v) is 4.94. The van der Waals surface area contributed by atoms with E-state index in [1.165, 1.54) is 12.1 Å². The molecule has 0 amide bonds. The molecule has 0 spiro atoms. The quantitative estimate of drug-likeness (QED) is 0.806. The second-order valence-corrected chi connectivity index (χ2v) is 3.41. The van der Waals surface area contributed by atoms with Crippen molar-refractivity contribution < 1.29 is 13.9 Å². The van der Waals surface area contributed by atoms with E-state index in [1.54, 1.807) is 24.4 Å². The number of hydrogen-bond acceptors (Lipinski definition) is 2. The van der Waals surface area contributed by atoms with E-state index >= 15 is 0 Å². The standard InChI is InChI=1S/C13H9F2NO/c14-9-4-5-11(12(15)7-9)13(17)8-10-3-1-2-6-16-10/h1-8,17H/b13-8-. The van der Waals surface area contributed by atoms with Gasteiger partial charge in [-0.2, -0.15) is 0 Å². The van der Waals surface area contributed by atoms with Crippen molar-refractivity contribution in [2.75, 3.05) is 0 Å². The van der Waals surface area contributed by atoms with Crippen molar-refractivity contribution in [1.82, 2.24) is 4.98 Å². The average Bonchev–Trinajstić information content (AvgIpc) is 2.30. The molecule has 2 rings (SSSR count). The van der Waals surface area contributed by atoms with E-state index < -0.39 is 11.6 Å². The van der Waals surface area contributed by atoms with Gasteiger partial charge in [0.25, 0.3) is 0 Å². The lowest BCUT2D eigenvalue weighted by Crippen LogP contribution is -1.91. The summed E-state index contributed by atoms with van der Waals surface area (Å²) in [5, 5.41) is 9.70. The van der Waals surface area contributed by atoms with Crippen molar-refractivity contribution in [3.8, 4) is 0 Å². The van der Waals surface area contributed by atoms with Gasteiger partial charge in [0.2, 0.25) is 0 Å². The van der Waals surface area contributed by atoms with Gasteiger partial charge in [-0.25, -0.2) is 8.78 Å². The van der Waals surface area contributed by atoms with Crippen molar-refractivity contribution >= 4 is 11.8 Å². The van der Waals surface area contributed by atoms with Crippen LogP contribution in [0.2, 0.25) is 0 Å². The Morgan fingerprint density at radius 3 is 2.65 bits per heavy atom. The smallest absolute Gasteiger partial charge is 0.137 e. The zero-order chi connectivity index (χ0) is 12.3. The minimum Gasteiger partial charge on any atom is -0.507 e. The van der Waals surface area contributed by atoms with E-state index in [1.807, 2.05) is 0 Å². The fourth-order valence-corrected chi connectivity index (χ4v) is 1.38. The molecular formula is C13H9F2NO. The number of rotatable bonds is 2. The number of nitrogens with zero attached hydrogens (tertiary/aromatic N) is 1. The van der Waals surface area contributed by atoms with Crippen LogP contribution in [-0.4, -0.2) is 10.1 Å². The molecule has 1 heterocycles. The van der Waals surface area contributed by atoms with Crippen LogP contribution in [0.4, 0.5) is 8.78 Å². The van der Waals surface area contributed by atoms with Crippen molar-refractivity contribution in [2.45, 2.75) is 0 Å². The molecule has 0 aliphatic rings. The lowest BCUT2D eigenvalue weighted by molar-refractivity contribution is 0.503. The van der Waals surface area contributed by atoms with E-state index in [0.717, 1.165) is 12.1 Å². The second kappa shape index (κ2) is 4.74. The molecule has 2 nitrogen and oxygen atoms in total. The van der Waals surface area contributed by atoms with Crippen LogP contribution in [-0.2, 0) is 0 Å². The first-order chi connectivity index (χ1) is 8.16. The van der Waals surface area contributed by atoms with E-state index in [2.05, 4.69) is 4.98 Å². The number of aliphatic hydroxyl groups is 1. The van der Waals surface area contributed by atoms with Crippen molar-refractivity contribution in [3.63, 3.8) is 0 Å². The Bertz CT molecular complexity index is 553. The van der Waals surface area contributed by atoms with Gasteiger partial charge in [0, 0.05) is 18.3 Å². The van der Waals surface area contributed by atoms with E-state index in [9.17, 15) is 13.9 Å². The fraction of sp³-hybridized carbons (Fsp3) is 0. The van der Waals surface area contributed by atoms with E-state index in [4.69, 9.17) is 0 Å². The maximum absolute atomic E-state index is 13.3. The molecule has 17 heavy (non-hydrogen) atoms. The zero-order valence-electron chi connectivity index (χ0n) is 8.77. The molecule has 0 aliphatic carbocycles. The van der Waals surface area contributed by atoms with Crippen LogP contribution in [0, 0.1) is 11.6 Å². The van der Waals surface area contributed by atoms with Gasteiger partial charge >= 0.3 is 0 Å². The van der Waals surface area contributed by atoms with Gasteiger partial charge < -0.3 is 5.11 Å². The molecule has 86 valence electrons. The molecule has 0 aliphatic heterocycles. The predicted octanol–water partition coefficient (Wildman–Crippen LogP) is 3.42. The minimum atomic E-state index is -0.810. The Morgan fingerprint density at radius 2 is 2.00 bits per heavy atom. The molecule has 0 atom stereocenters. The predicted molar refractivity (Wildman–Crippen MR) is 61.1 cm³/mol. The number of hydrogen-bond donors (Lipinski definition) is 1. The highest BCUT2D eigenvalue weighted by Gasteiger charge is 2.07. The second-order valence-electron chi connectivity index (χ2n) is 3.41. The van der Waals surface area contributed by atoms with Crippen molar-refractivity contribution in [3.05, 3.63) is 65.5 Å². The number of halogens is 2. The van der Waals surface area contributed by atoms with Crippen LogP contribution < -0.4 is 0 Å². The molecule has 0 fully saturated rings. The van der Waals surface area contributed by atoms with Gasteiger partial charge in [-0.1, -0.05) is 6.07 Å². The summed E-state index contributed by atoms with van der Waals surface area (Å²) in [4.78, 5) is 3.96. The molecule has 2 aromatic rings. The van der Waals surface area contributed by atoms with Gasteiger partial charge in [-0.15, -0.1) is 0 Å². The molecule has 0 unspecified atom stereocenters. The Labute approximate surface area is 96.9 Å². The largest absolute Gasteiger partial charge is 0.507 e. The third kappa shape index (κ3) is 2.66. The van der Waals surface area contributed by atoms with Gasteiger partial charge in [-0.3, -0.25) is 4.98 Å². The van der Waals surface area contributed by atoms with E-state index in [-0.39, 0.29) is 11.3 Å². The number of aromatic nitrogens is 1. The molecule has 0 bridgehead atoms. The lowest BCUT2D eigenvalue weighted by atomic mass is 10.1. The van der Waals surface area contributed by atoms with Crippen molar-refractivity contribution in [2.24, 2.45) is 0 Å². The third-order valence-corrected chi connectivity index (χ3v) is 2.18. The Balaban J connectivity index is 2.37. The number of pyridine rings is 1. The maximum atomic E-state index is 13.3. The summed E-state index contributed by atoms with van der Waals surface area (Å²) in [5.74, 6) is -1.78. The first kappa shape index (κ1) is 11.3. The normalized spacial score (nSPS) is 11.5. The van der Waals surface area contributed by atoms with Crippen LogP contribution in [0.3, 0.4) is 0 Å². The Hall–Kier alpha value is -2.23. The Kier molecular flexibility index (Phi) is 3.14. The summed E-state index contributed by atoms with van der Waals surface area (Å²) in [6.07, 6.45) is 2.87. The Morgan fingerprint density at radius 1 is 1.18 bits per heavy atom. The van der Waals surface area contributed by atoms with Crippen molar-refractivity contribution in [1.29, 1.82) is 0 Å². The van der Waals surface area contributed by atoms with Crippen LogP contribution in [0.15, 0.2) is 42.6 Å². The molecule has 0 radical (unpaired) electrons. The number of benzene rings is 1. The lowest BCUT2D eigenvalue weighted by Gasteiger charge is -2.02. The summed E-state index contributed by atoms with van der Waals surface area (Å²) >= 11 is 0. The monoisotopic (exact) mass is 233 g/mol. The molecule has 1 aromatic heterocycles. The van der Waals surface area contributed by atoms with Crippen LogP contribution in [0.1, 0.15) is 11.3 Å². The highest BCUT2D eigenvalue weighted by atomic mass is 19.1. The molecule has 4 heteroatoms. The van der Waals surface area contributed by atoms with Gasteiger partial charge in [0.1, 0.15) is 17.4 Å². The highest BCUT2D eigenvalue weighted by Crippen LogP contribution is 2.18. The summed E-state index contributed by atoms with van der Waals surface area (Å²) in [6, 6.07) is 8.12. The molecule has 1 N–H and O–H groups in total. The molecule has 0 saturated heterocycles. The topological polar surface area (TPSA) is 33.1 Å². The van der Waals surface area contributed by atoms with Gasteiger partial charge in [0.05, 0.1) is 11.3 Å². The molecule has 0 saturated carbocycles. The third-order valence-electron chi connectivity index (χ3n) is 2.18. The SMILES string of the molecule is O/C(=C\c1ccccn1)c1ccc(F)cc1F. The minimum absolute atomic E-state index is 0.0583. The van der Waals surface area contributed by atoms with E-state index in [0.29, 0.717) is 5.69 Å². The molecule has 1 aromatic carbocycles. The summed E-state index contributed by atoms with van der Waals surface area (Å²) < 4.78 is 26.0. The summed E-state index contributed by atoms with van der Waals surface area (Å²) in [6.45, 7) is 0. The van der Waals surface area contributed by atoms with Crippen LogP contribution in [0.25, 0.3) is 11.8 Å². The highest BCUT2D eigenvalue weighted by molar-refractivity contribution is 5.75. The fourth-order valence-electron chi connectivity index (χ4n) is 1.38. The van der Waals surface area contributed by atoms with Gasteiger partial charge in [-0.05, 0) is 24.3 Å². The average molecular weight is 233 g/mol.